The van der Waals surface area contributed by atoms with Gasteiger partial charge < -0.3 is 9.90 Å². The fourth-order valence-corrected chi connectivity index (χ4v) is 1.61. The Kier molecular flexibility index (Phi) is 7.07. The van der Waals surface area contributed by atoms with Crippen LogP contribution in [0.4, 0.5) is 0 Å². The van der Waals surface area contributed by atoms with Crippen molar-refractivity contribution in [1.29, 1.82) is 0 Å². The van der Waals surface area contributed by atoms with Crippen LogP contribution in [0, 0.1) is 5.92 Å². The maximum absolute atomic E-state index is 10.9. The summed E-state index contributed by atoms with van der Waals surface area (Å²) in [6, 6.07) is 0. The van der Waals surface area contributed by atoms with Gasteiger partial charge in [-0.1, -0.05) is 26.2 Å². The number of carbonyl (C=O) groups excluding carboxylic acids is 1. The predicted molar refractivity (Wildman–Crippen MR) is 55.2 cm³/mol. The van der Waals surface area contributed by atoms with Crippen LogP contribution in [-0.4, -0.2) is 16.9 Å². The van der Waals surface area contributed by atoms with E-state index in [0.717, 1.165) is 25.7 Å². The van der Waals surface area contributed by atoms with Gasteiger partial charge in [-0.15, -0.1) is 0 Å². The predicted octanol–water partition coefficient (Wildman–Crippen LogP) is 2.64. The summed E-state index contributed by atoms with van der Waals surface area (Å²) in [6.45, 7) is 3.63. The lowest BCUT2D eigenvalue weighted by Gasteiger charge is -2.12. The molecule has 0 aliphatic heterocycles. The maximum Gasteiger partial charge on any atom is 0.303 e. The topological polar surface area (TPSA) is 54.4 Å². The standard InChI is InChI=1S/C11H20O3/c1-3-4-5-6-10(7-9(2)12)8-11(13)14/h10H,3-8H2,1-2H3,(H,13,14). The summed E-state index contributed by atoms with van der Waals surface area (Å²) in [6.07, 6.45) is 4.68. The van der Waals surface area contributed by atoms with Gasteiger partial charge in [0.2, 0.25) is 0 Å². The first-order valence-electron chi connectivity index (χ1n) is 5.27. The smallest absolute Gasteiger partial charge is 0.303 e. The number of hydrogen-bond donors (Lipinski definition) is 1. The fraction of sp³-hybridized carbons (Fsp3) is 0.818. The highest BCUT2D eigenvalue weighted by molar-refractivity contribution is 5.76. The molecular weight excluding hydrogens is 180 g/mol. The Bertz CT molecular complexity index is 171. The highest BCUT2D eigenvalue weighted by Gasteiger charge is 2.14. The minimum atomic E-state index is -0.798. The lowest BCUT2D eigenvalue weighted by molar-refractivity contribution is -0.138. The average molecular weight is 200 g/mol. The van der Waals surface area contributed by atoms with E-state index >= 15 is 0 Å². The van der Waals surface area contributed by atoms with E-state index in [-0.39, 0.29) is 18.1 Å². The molecule has 3 heteroatoms. The monoisotopic (exact) mass is 200 g/mol. The summed E-state index contributed by atoms with van der Waals surface area (Å²) in [4.78, 5) is 21.4. The highest BCUT2D eigenvalue weighted by Crippen LogP contribution is 2.17. The zero-order valence-electron chi connectivity index (χ0n) is 9.08. The number of Topliss-reactive ketones (excluding diaryl/α,β-unsaturated/α-hetero) is 1. The molecule has 0 amide bonds. The molecule has 82 valence electrons. The van der Waals surface area contributed by atoms with Crippen LogP contribution in [0.25, 0.3) is 0 Å². The molecule has 1 N–H and O–H groups in total. The molecule has 1 unspecified atom stereocenters. The number of aliphatic carboxylic acids is 1. The quantitative estimate of drug-likeness (QED) is 0.613. The van der Waals surface area contributed by atoms with E-state index in [0.29, 0.717) is 6.42 Å². The average Bonchev–Trinajstić information content (AvgIpc) is 2.02. The molecule has 0 saturated carbocycles. The molecule has 0 heterocycles. The van der Waals surface area contributed by atoms with Crippen molar-refractivity contribution in [3.8, 4) is 0 Å². The first kappa shape index (κ1) is 13.1. The first-order chi connectivity index (χ1) is 6.56. The molecule has 0 fully saturated rings. The summed E-state index contributed by atoms with van der Waals surface area (Å²) in [5, 5.41) is 8.64. The first-order valence-corrected chi connectivity index (χ1v) is 5.27. The van der Waals surface area contributed by atoms with Gasteiger partial charge in [-0.05, 0) is 19.3 Å². The van der Waals surface area contributed by atoms with Crippen LogP contribution in [-0.2, 0) is 9.59 Å². The molecule has 0 aromatic carbocycles. The number of carboxylic acids is 1. The normalized spacial score (nSPS) is 12.4. The molecule has 1 atom stereocenters. The molecule has 0 spiro atoms. The van der Waals surface area contributed by atoms with Gasteiger partial charge in [0.05, 0.1) is 0 Å². The van der Waals surface area contributed by atoms with Crippen molar-refractivity contribution in [2.45, 2.75) is 52.4 Å². The van der Waals surface area contributed by atoms with Crippen LogP contribution in [0.2, 0.25) is 0 Å². The van der Waals surface area contributed by atoms with E-state index in [9.17, 15) is 9.59 Å². The molecule has 0 aliphatic rings. The van der Waals surface area contributed by atoms with Crippen LogP contribution in [0.1, 0.15) is 52.4 Å². The summed E-state index contributed by atoms with van der Waals surface area (Å²) in [5.41, 5.74) is 0. The molecule has 14 heavy (non-hydrogen) atoms. The number of unbranched alkanes of at least 4 members (excludes halogenated alkanes) is 2. The molecule has 0 saturated heterocycles. The van der Waals surface area contributed by atoms with Crippen molar-refractivity contribution in [1.82, 2.24) is 0 Å². The Morgan fingerprint density at radius 1 is 1.21 bits per heavy atom. The summed E-state index contributed by atoms with van der Waals surface area (Å²) in [7, 11) is 0. The summed E-state index contributed by atoms with van der Waals surface area (Å²) < 4.78 is 0. The third kappa shape index (κ3) is 7.77. The van der Waals surface area contributed by atoms with Crippen molar-refractivity contribution < 1.29 is 14.7 Å². The van der Waals surface area contributed by atoms with Crippen molar-refractivity contribution in [3.63, 3.8) is 0 Å². The lowest BCUT2D eigenvalue weighted by atomic mass is 9.93. The van der Waals surface area contributed by atoms with Crippen LogP contribution >= 0.6 is 0 Å². The Morgan fingerprint density at radius 2 is 1.86 bits per heavy atom. The minimum absolute atomic E-state index is 0.0385. The number of hydrogen-bond acceptors (Lipinski definition) is 2. The molecule has 0 aromatic heterocycles. The largest absolute Gasteiger partial charge is 0.481 e. The number of carbonyl (C=O) groups is 2. The molecule has 0 rings (SSSR count). The Hall–Kier alpha value is -0.860. The highest BCUT2D eigenvalue weighted by atomic mass is 16.4. The van der Waals surface area contributed by atoms with E-state index in [1.54, 1.807) is 0 Å². The van der Waals surface area contributed by atoms with E-state index in [2.05, 4.69) is 6.92 Å². The molecular formula is C11H20O3. The second kappa shape index (κ2) is 7.54. The Morgan fingerprint density at radius 3 is 2.29 bits per heavy atom. The van der Waals surface area contributed by atoms with Gasteiger partial charge in [-0.25, -0.2) is 0 Å². The lowest BCUT2D eigenvalue weighted by Crippen LogP contribution is -2.11. The Balaban J connectivity index is 3.84. The van der Waals surface area contributed by atoms with Crippen LogP contribution in [0.15, 0.2) is 0 Å². The van der Waals surface area contributed by atoms with Crippen molar-refractivity contribution in [3.05, 3.63) is 0 Å². The summed E-state index contributed by atoms with van der Waals surface area (Å²) >= 11 is 0. The molecule has 0 aromatic rings. The maximum atomic E-state index is 10.9. The molecule has 0 bridgehead atoms. The summed E-state index contributed by atoms with van der Waals surface area (Å²) in [5.74, 6) is -0.669. The van der Waals surface area contributed by atoms with E-state index < -0.39 is 5.97 Å². The van der Waals surface area contributed by atoms with Crippen molar-refractivity contribution in [2.24, 2.45) is 5.92 Å². The third-order valence-corrected chi connectivity index (χ3v) is 2.26. The number of ketones is 1. The molecule has 0 aliphatic carbocycles. The van der Waals surface area contributed by atoms with Crippen LogP contribution in [0.3, 0.4) is 0 Å². The van der Waals surface area contributed by atoms with Gasteiger partial charge in [0.1, 0.15) is 5.78 Å². The van der Waals surface area contributed by atoms with Gasteiger partial charge in [0, 0.05) is 12.8 Å². The van der Waals surface area contributed by atoms with Gasteiger partial charge >= 0.3 is 5.97 Å². The zero-order valence-corrected chi connectivity index (χ0v) is 9.08. The van der Waals surface area contributed by atoms with Gasteiger partial charge in [-0.3, -0.25) is 4.79 Å². The van der Waals surface area contributed by atoms with Crippen molar-refractivity contribution >= 4 is 11.8 Å². The van der Waals surface area contributed by atoms with Gasteiger partial charge in [0.25, 0.3) is 0 Å². The van der Waals surface area contributed by atoms with Crippen LogP contribution < -0.4 is 0 Å². The third-order valence-electron chi connectivity index (χ3n) is 2.26. The van der Waals surface area contributed by atoms with Gasteiger partial charge in [0.15, 0.2) is 0 Å². The van der Waals surface area contributed by atoms with Crippen molar-refractivity contribution in [2.75, 3.05) is 0 Å². The zero-order chi connectivity index (χ0) is 11.0. The minimum Gasteiger partial charge on any atom is -0.481 e. The Labute approximate surface area is 85.5 Å². The van der Waals surface area contributed by atoms with E-state index in [1.165, 1.54) is 6.92 Å². The SMILES string of the molecule is CCCCCC(CC(C)=O)CC(=O)O. The molecule has 3 nitrogen and oxygen atoms in total. The van der Waals surface area contributed by atoms with E-state index in [4.69, 9.17) is 5.11 Å². The fourth-order valence-electron chi connectivity index (χ4n) is 1.61. The van der Waals surface area contributed by atoms with Gasteiger partial charge in [-0.2, -0.15) is 0 Å². The number of carboxylic acid groups (broad SMARTS) is 1. The number of rotatable bonds is 8. The second-order valence-electron chi connectivity index (χ2n) is 3.87. The van der Waals surface area contributed by atoms with Crippen LogP contribution in [0.5, 0.6) is 0 Å². The molecule has 0 radical (unpaired) electrons. The van der Waals surface area contributed by atoms with E-state index in [1.807, 2.05) is 0 Å². The second-order valence-corrected chi connectivity index (χ2v) is 3.87.